The van der Waals surface area contributed by atoms with Crippen molar-refractivity contribution in [2.75, 3.05) is 13.1 Å². The number of piperidine rings is 1. The summed E-state index contributed by atoms with van der Waals surface area (Å²) in [5.41, 5.74) is 2.21. The lowest BCUT2D eigenvalue weighted by molar-refractivity contribution is -0.126. The van der Waals surface area contributed by atoms with Crippen LogP contribution in [0, 0.1) is 5.92 Å². The van der Waals surface area contributed by atoms with E-state index in [4.69, 9.17) is 16.3 Å². The topological polar surface area (TPSA) is 41.6 Å². The minimum Gasteiger partial charge on any atom is -0.491 e. The predicted octanol–water partition coefficient (Wildman–Crippen LogP) is 4.66. The van der Waals surface area contributed by atoms with Crippen LogP contribution in [0.2, 0.25) is 5.02 Å². The second kappa shape index (κ2) is 9.94. The molecule has 3 rings (SSSR count). The zero-order valence-corrected chi connectivity index (χ0v) is 17.4. The molecule has 0 bridgehead atoms. The van der Waals surface area contributed by atoms with Crippen LogP contribution < -0.4 is 10.1 Å². The first kappa shape index (κ1) is 20.7. The van der Waals surface area contributed by atoms with Crippen molar-refractivity contribution in [1.82, 2.24) is 10.2 Å². The zero-order valence-electron chi connectivity index (χ0n) is 16.7. The van der Waals surface area contributed by atoms with Gasteiger partial charge < -0.3 is 10.1 Å². The fourth-order valence-corrected chi connectivity index (χ4v) is 3.75. The minimum atomic E-state index is 0.0811. The van der Waals surface area contributed by atoms with Crippen molar-refractivity contribution in [2.45, 2.75) is 45.9 Å². The predicted molar refractivity (Wildman–Crippen MR) is 114 cm³/mol. The molecule has 0 saturated carbocycles. The fourth-order valence-electron chi connectivity index (χ4n) is 3.56. The highest BCUT2D eigenvalue weighted by Gasteiger charge is 2.25. The molecular formula is C23H29ClN2O2. The highest BCUT2D eigenvalue weighted by Crippen LogP contribution is 2.22. The molecule has 1 aliphatic heterocycles. The molecule has 0 aromatic heterocycles. The van der Waals surface area contributed by atoms with Crippen molar-refractivity contribution in [3.63, 3.8) is 0 Å². The molecule has 5 heteroatoms. The fraction of sp³-hybridized carbons (Fsp3) is 0.435. The van der Waals surface area contributed by atoms with E-state index in [2.05, 4.69) is 16.3 Å². The van der Waals surface area contributed by atoms with Crippen molar-refractivity contribution in [2.24, 2.45) is 5.92 Å². The highest BCUT2D eigenvalue weighted by molar-refractivity contribution is 6.31. The first-order valence-corrected chi connectivity index (χ1v) is 10.4. The lowest BCUT2D eigenvalue weighted by Crippen LogP contribution is -2.40. The van der Waals surface area contributed by atoms with Gasteiger partial charge in [-0.1, -0.05) is 41.9 Å². The Hall–Kier alpha value is -2.04. The summed E-state index contributed by atoms with van der Waals surface area (Å²) < 4.78 is 5.72. The van der Waals surface area contributed by atoms with E-state index in [9.17, 15) is 4.79 Å². The van der Waals surface area contributed by atoms with E-state index in [1.165, 1.54) is 0 Å². The number of nitrogens with one attached hydrogen (secondary N) is 1. The van der Waals surface area contributed by atoms with E-state index >= 15 is 0 Å². The number of nitrogens with zero attached hydrogens (tertiary/aromatic N) is 1. The van der Waals surface area contributed by atoms with Gasteiger partial charge in [-0.15, -0.1) is 0 Å². The van der Waals surface area contributed by atoms with Gasteiger partial charge in [-0.05, 0) is 69.1 Å². The number of hydrogen-bond acceptors (Lipinski definition) is 3. The SMILES string of the molecule is CC(C)Oc1cccc(CNC(=O)C2CCN(Cc3ccccc3Cl)CC2)c1. The maximum Gasteiger partial charge on any atom is 0.223 e. The van der Waals surface area contributed by atoms with Crippen LogP contribution in [0.4, 0.5) is 0 Å². The molecule has 1 heterocycles. The van der Waals surface area contributed by atoms with E-state index in [0.717, 1.165) is 54.4 Å². The summed E-state index contributed by atoms with van der Waals surface area (Å²) >= 11 is 6.26. The van der Waals surface area contributed by atoms with Gasteiger partial charge >= 0.3 is 0 Å². The summed E-state index contributed by atoms with van der Waals surface area (Å²) in [6, 6.07) is 15.9. The Morgan fingerprint density at radius 1 is 1.18 bits per heavy atom. The van der Waals surface area contributed by atoms with Crippen molar-refractivity contribution in [1.29, 1.82) is 0 Å². The third-order valence-corrected chi connectivity index (χ3v) is 5.42. The minimum absolute atomic E-state index is 0.0811. The Morgan fingerprint density at radius 3 is 2.64 bits per heavy atom. The highest BCUT2D eigenvalue weighted by atomic mass is 35.5. The Bertz CT molecular complexity index is 786. The normalized spacial score (nSPS) is 15.6. The number of carbonyl (C=O) groups excluding carboxylic acids is 1. The molecule has 0 aliphatic carbocycles. The van der Waals surface area contributed by atoms with Crippen LogP contribution in [0.3, 0.4) is 0 Å². The van der Waals surface area contributed by atoms with Gasteiger partial charge in [-0.3, -0.25) is 9.69 Å². The van der Waals surface area contributed by atoms with E-state index in [-0.39, 0.29) is 17.9 Å². The third-order valence-electron chi connectivity index (χ3n) is 5.05. The molecule has 28 heavy (non-hydrogen) atoms. The number of rotatable bonds is 7. The van der Waals surface area contributed by atoms with E-state index in [1.54, 1.807) is 0 Å². The first-order valence-electron chi connectivity index (χ1n) is 10.0. The largest absolute Gasteiger partial charge is 0.491 e. The number of likely N-dealkylation sites (tertiary alicyclic amines) is 1. The number of carbonyl (C=O) groups is 1. The van der Waals surface area contributed by atoms with Crippen molar-refractivity contribution < 1.29 is 9.53 Å². The molecular weight excluding hydrogens is 372 g/mol. The molecule has 1 aliphatic rings. The van der Waals surface area contributed by atoms with Crippen molar-refractivity contribution in [3.05, 3.63) is 64.7 Å². The molecule has 150 valence electrons. The third kappa shape index (κ3) is 5.98. The van der Waals surface area contributed by atoms with Gasteiger partial charge in [0.1, 0.15) is 5.75 Å². The summed E-state index contributed by atoms with van der Waals surface area (Å²) in [4.78, 5) is 14.9. The maximum absolute atomic E-state index is 12.6. The Morgan fingerprint density at radius 2 is 1.93 bits per heavy atom. The monoisotopic (exact) mass is 400 g/mol. The van der Waals surface area contributed by atoms with Crippen molar-refractivity contribution in [3.8, 4) is 5.75 Å². The Balaban J connectivity index is 1.45. The van der Waals surface area contributed by atoms with Crippen LogP contribution in [-0.2, 0) is 17.9 Å². The van der Waals surface area contributed by atoms with Gasteiger partial charge in [0.15, 0.2) is 0 Å². The molecule has 0 unspecified atom stereocenters. The molecule has 2 aromatic rings. The molecule has 0 spiro atoms. The van der Waals surface area contributed by atoms with Crippen LogP contribution in [0.25, 0.3) is 0 Å². The standard InChI is InChI=1S/C23H29ClN2O2/c1-17(2)28-21-8-5-6-18(14-21)15-25-23(27)19-10-12-26(13-11-19)16-20-7-3-4-9-22(20)24/h3-9,14,17,19H,10-13,15-16H2,1-2H3,(H,25,27). The molecule has 2 aromatic carbocycles. The lowest BCUT2D eigenvalue weighted by atomic mass is 9.95. The summed E-state index contributed by atoms with van der Waals surface area (Å²) in [6.45, 7) is 7.23. The van der Waals surface area contributed by atoms with E-state index < -0.39 is 0 Å². The van der Waals surface area contributed by atoms with Crippen LogP contribution in [-0.4, -0.2) is 30.0 Å². The number of amides is 1. The van der Waals surface area contributed by atoms with Gasteiger partial charge in [0.25, 0.3) is 0 Å². The smallest absolute Gasteiger partial charge is 0.223 e. The van der Waals surface area contributed by atoms with Gasteiger partial charge in [0.2, 0.25) is 5.91 Å². The van der Waals surface area contributed by atoms with Gasteiger partial charge in [-0.25, -0.2) is 0 Å². The second-order valence-corrected chi connectivity index (χ2v) is 8.08. The summed E-state index contributed by atoms with van der Waals surface area (Å²) in [5, 5.41) is 3.90. The second-order valence-electron chi connectivity index (χ2n) is 7.67. The molecule has 1 saturated heterocycles. The summed E-state index contributed by atoms with van der Waals surface area (Å²) in [6.07, 6.45) is 1.90. The van der Waals surface area contributed by atoms with E-state index in [1.807, 2.05) is 56.3 Å². The lowest BCUT2D eigenvalue weighted by Gasteiger charge is -2.31. The van der Waals surface area contributed by atoms with Gasteiger partial charge in [-0.2, -0.15) is 0 Å². The molecule has 1 fully saturated rings. The summed E-state index contributed by atoms with van der Waals surface area (Å²) in [5.74, 6) is 1.07. The molecule has 0 radical (unpaired) electrons. The Kier molecular flexibility index (Phi) is 7.35. The van der Waals surface area contributed by atoms with Gasteiger partial charge in [0.05, 0.1) is 6.10 Å². The number of hydrogen-bond donors (Lipinski definition) is 1. The maximum atomic E-state index is 12.6. The molecule has 0 atom stereocenters. The molecule has 1 amide bonds. The van der Waals surface area contributed by atoms with Gasteiger partial charge in [0, 0.05) is 24.0 Å². The number of halogens is 1. The molecule has 4 nitrogen and oxygen atoms in total. The Labute approximate surface area is 172 Å². The van der Waals surface area contributed by atoms with Crippen molar-refractivity contribution >= 4 is 17.5 Å². The number of benzene rings is 2. The van der Waals surface area contributed by atoms with Crippen LogP contribution >= 0.6 is 11.6 Å². The van der Waals surface area contributed by atoms with E-state index in [0.29, 0.717) is 6.54 Å². The first-order chi connectivity index (χ1) is 13.5. The quantitative estimate of drug-likeness (QED) is 0.735. The zero-order chi connectivity index (χ0) is 19.9. The average Bonchev–Trinajstić information content (AvgIpc) is 2.68. The van der Waals surface area contributed by atoms with Crippen LogP contribution in [0.15, 0.2) is 48.5 Å². The van der Waals surface area contributed by atoms with Crippen LogP contribution in [0.1, 0.15) is 37.8 Å². The number of ether oxygens (including phenoxy) is 1. The average molecular weight is 401 g/mol. The summed E-state index contributed by atoms with van der Waals surface area (Å²) in [7, 11) is 0. The van der Waals surface area contributed by atoms with Crippen LogP contribution in [0.5, 0.6) is 5.75 Å². The molecule has 1 N–H and O–H groups in total.